The molecule has 1 aromatic heterocycles. The molecule has 1 aromatic rings. The van der Waals surface area contributed by atoms with Crippen molar-refractivity contribution in [3.05, 3.63) is 28.5 Å². The lowest BCUT2D eigenvalue weighted by atomic mass is 10.0. The Kier molecular flexibility index (Phi) is 1.47. The number of aromatic nitrogens is 1. The van der Waals surface area contributed by atoms with Crippen LogP contribution in [0.25, 0.3) is 0 Å². The molecule has 0 saturated heterocycles. The van der Waals surface area contributed by atoms with Crippen LogP contribution in [-0.2, 0) is 17.8 Å². The molecule has 0 bridgehead atoms. The SMILES string of the molecule is Clc1ccc2c(n1)CC1(CC1)OC2. The van der Waals surface area contributed by atoms with Gasteiger partial charge in [-0.1, -0.05) is 17.7 Å². The van der Waals surface area contributed by atoms with Crippen LogP contribution in [0.5, 0.6) is 0 Å². The van der Waals surface area contributed by atoms with Gasteiger partial charge in [-0.2, -0.15) is 0 Å². The van der Waals surface area contributed by atoms with Crippen molar-refractivity contribution in [2.24, 2.45) is 0 Å². The smallest absolute Gasteiger partial charge is 0.129 e. The van der Waals surface area contributed by atoms with Crippen molar-refractivity contribution >= 4 is 11.6 Å². The normalized spacial score (nSPS) is 22.8. The highest BCUT2D eigenvalue weighted by Gasteiger charge is 2.46. The highest BCUT2D eigenvalue weighted by molar-refractivity contribution is 6.29. The lowest BCUT2D eigenvalue weighted by Gasteiger charge is -2.23. The quantitative estimate of drug-likeness (QED) is 0.593. The minimum atomic E-state index is 0.144. The average molecular weight is 196 g/mol. The van der Waals surface area contributed by atoms with Gasteiger partial charge in [0.25, 0.3) is 0 Å². The zero-order valence-corrected chi connectivity index (χ0v) is 7.97. The van der Waals surface area contributed by atoms with E-state index in [1.54, 1.807) is 0 Å². The maximum absolute atomic E-state index is 5.84. The van der Waals surface area contributed by atoms with Crippen LogP contribution in [-0.4, -0.2) is 10.6 Å². The zero-order valence-electron chi connectivity index (χ0n) is 7.22. The molecule has 3 rings (SSSR count). The number of ether oxygens (including phenoxy) is 1. The molecule has 0 atom stereocenters. The van der Waals surface area contributed by atoms with E-state index in [-0.39, 0.29) is 5.60 Å². The number of hydrogen-bond acceptors (Lipinski definition) is 2. The van der Waals surface area contributed by atoms with Crippen LogP contribution in [0.2, 0.25) is 5.15 Å². The summed E-state index contributed by atoms with van der Waals surface area (Å²) in [5.41, 5.74) is 2.48. The van der Waals surface area contributed by atoms with E-state index in [1.165, 1.54) is 18.4 Å². The summed E-state index contributed by atoms with van der Waals surface area (Å²) in [6.07, 6.45) is 3.31. The second-order valence-corrected chi connectivity index (χ2v) is 4.28. The Labute approximate surface area is 81.9 Å². The molecule has 68 valence electrons. The van der Waals surface area contributed by atoms with Gasteiger partial charge in [0, 0.05) is 6.42 Å². The van der Waals surface area contributed by atoms with Crippen molar-refractivity contribution in [3.63, 3.8) is 0 Å². The molecule has 1 aliphatic heterocycles. The van der Waals surface area contributed by atoms with Crippen LogP contribution in [0.15, 0.2) is 12.1 Å². The van der Waals surface area contributed by atoms with Crippen LogP contribution in [0, 0.1) is 0 Å². The molecule has 2 aliphatic rings. The molecule has 0 amide bonds. The van der Waals surface area contributed by atoms with E-state index in [9.17, 15) is 0 Å². The molecule has 0 aromatic carbocycles. The maximum atomic E-state index is 5.84. The molecule has 2 nitrogen and oxygen atoms in total. The minimum Gasteiger partial charge on any atom is -0.370 e. The van der Waals surface area contributed by atoms with Crippen molar-refractivity contribution in [3.8, 4) is 0 Å². The summed E-state index contributed by atoms with van der Waals surface area (Å²) >= 11 is 5.84. The third kappa shape index (κ3) is 1.25. The number of rotatable bonds is 0. The molecule has 0 N–H and O–H groups in total. The van der Waals surface area contributed by atoms with Gasteiger partial charge in [-0.05, 0) is 24.5 Å². The third-order valence-corrected chi connectivity index (χ3v) is 3.08. The highest BCUT2D eigenvalue weighted by atomic mass is 35.5. The van der Waals surface area contributed by atoms with Gasteiger partial charge >= 0.3 is 0 Å². The fourth-order valence-corrected chi connectivity index (χ4v) is 2.00. The largest absolute Gasteiger partial charge is 0.370 e. The number of nitrogens with zero attached hydrogens (tertiary/aromatic N) is 1. The van der Waals surface area contributed by atoms with Gasteiger partial charge < -0.3 is 4.74 Å². The number of halogens is 1. The molecule has 2 heterocycles. The topological polar surface area (TPSA) is 22.1 Å². The summed E-state index contributed by atoms with van der Waals surface area (Å²) in [6, 6.07) is 3.84. The van der Waals surface area contributed by atoms with Gasteiger partial charge in [0.2, 0.25) is 0 Å². The highest BCUT2D eigenvalue weighted by Crippen LogP contribution is 2.45. The molecular formula is C10H10ClNO. The second kappa shape index (κ2) is 2.46. The summed E-state index contributed by atoms with van der Waals surface area (Å²) in [5, 5.41) is 0.594. The predicted octanol–water partition coefficient (Wildman–Crippen LogP) is 2.34. The minimum absolute atomic E-state index is 0.144. The van der Waals surface area contributed by atoms with Crippen molar-refractivity contribution in [2.45, 2.75) is 31.5 Å². The van der Waals surface area contributed by atoms with E-state index in [0.717, 1.165) is 12.1 Å². The third-order valence-electron chi connectivity index (χ3n) is 2.87. The van der Waals surface area contributed by atoms with Crippen molar-refractivity contribution < 1.29 is 4.74 Å². The Hall–Kier alpha value is -0.600. The van der Waals surface area contributed by atoms with Gasteiger partial charge in [-0.15, -0.1) is 0 Å². The summed E-state index contributed by atoms with van der Waals surface area (Å²) in [7, 11) is 0. The Morgan fingerprint density at radius 1 is 1.38 bits per heavy atom. The first-order chi connectivity index (χ1) is 6.27. The fourth-order valence-electron chi connectivity index (χ4n) is 1.84. The molecule has 13 heavy (non-hydrogen) atoms. The van der Waals surface area contributed by atoms with Crippen molar-refractivity contribution in [1.29, 1.82) is 0 Å². The van der Waals surface area contributed by atoms with E-state index in [1.807, 2.05) is 12.1 Å². The van der Waals surface area contributed by atoms with E-state index in [2.05, 4.69) is 4.98 Å². The number of hydrogen-bond donors (Lipinski definition) is 0. The number of fused-ring (bicyclic) bond motifs is 1. The summed E-state index contributed by atoms with van der Waals surface area (Å²) < 4.78 is 5.76. The molecule has 1 spiro atoms. The molecule has 1 aliphatic carbocycles. The van der Waals surface area contributed by atoms with E-state index < -0.39 is 0 Å². The molecule has 0 unspecified atom stereocenters. The number of pyridine rings is 1. The standard InChI is InChI=1S/C10H10ClNO/c11-9-2-1-7-6-13-10(3-4-10)5-8(7)12-9/h1-2H,3-6H2. The molecular weight excluding hydrogens is 186 g/mol. The van der Waals surface area contributed by atoms with Crippen molar-refractivity contribution in [1.82, 2.24) is 4.98 Å². The summed E-state index contributed by atoms with van der Waals surface area (Å²) in [6.45, 7) is 0.708. The first kappa shape index (κ1) is 7.77. The van der Waals surface area contributed by atoms with E-state index in [0.29, 0.717) is 11.8 Å². The van der Waals surface area contributed by atoms with Crippen LogP contribution in [0.1, 0.15) is 24.1 Å². The first-order valence-corrected chi connectivity index (χ1v) is 4.94. The molecule has 1 fully saturated rings. The van der Waals surface area contributed by atoms with Gasteiger partial charge in [-0.25, -0.2) is 4.98 Å². The monoisotopic (exact) mass is 195 g/mol. The Bertz CT molecular complexity index is 360. The molecule has 0 radical (unpaired) electrons. The lowest BCUT2D eigenvalue weighted by Crippen LogP contribution is -2.24. The Balaban J connectivity index is 2.02. The maximum Gasteiger partial charge on any atom is 0.129 e. The summed E-state index contributed by atoms with van der Waals surface area (Å²) in [5.74, 6) is 0. The molecule has 3 heteroatoms. The van der Waals surface area contributed by atoms with E-state index >= 15 is 0 Å². The second-order valence-electron chi connectivity index (χ2n) is 3.89. The molecule has 1 saturated carbocycles. The first-order valence-electron chi connectivity index (χ1n) is 4.56. The van der Waals surface area contributed by atoms with Crippen LogP contribution >= 0.6 is 11.6 Å². The van der Waals surface area contributed by atoms with Gasteiger partial charge in [0.15, 0.2) is 0 Å². The fraction of sp³-hybridized carbons (Fsp3) is 0.500. The Morgan fingerprint density at radius 2 is 2.23 bits per heavy atom. The van der Waals surface area contributed by atoms with Gasteiger partial charge in [-0.3, -0.25) is 0 Å². The van der Waals surface area contributed by atoms with Gasteiger partial charge in [0.05, 0.1) is 17.9 Å². The predicted molar refractivity (Wildman–Crippen MR) is 49.7 cm³/mol. The average Bonchev–Trinajstić information content (AvgIpc) is 2.84. The van der Waals surface area contributed by atoms with Crippen LogP contribution in [0.4, 0.5) is 0 Å². The van der Waals surface area contributed by atoms with Gasteiger partial charge in [0.1, 0.15) is 5.15 Å². The van der Waals surface area contributed by atoms with Crippen molar-refractivity contribution in [2.75, 3.05) is 0 Å². The van der Waals surface area contributed by atoms with Crippen LogP contribution in [0.3, 0.4) is 0 Å². The van der Waals surface area contributed by atoms with Crippen LogP contribution < -0.4 is 0 Å². The lowest BCUT2D eigenvalue weighted by molar-refractivity contribution is 0.00684. The zero-order chi connectivity index (χ0) is 8.89. The Morgan fingerprint density at radius 3 is 3.00 bits per heavy atom. The van der Waals surface area contributed by atoms with E-state index in [4.69, 9.17) is 16.3 Å². The summed E-state index contributed by atoms with van der Waals surface area (Å²) in [4.78, 5) is 4.33.